The summed E-state index contributed by atoms with van der Waals surface area (Å²) in [5, 5.41) is 13.5. The number of hydrogen-bond donors (Lipinski definition) is 2. The Balaban J connectivity index is 1.75. The molecule has 0 atom stereocenters. The second-order valence-corrected chi connectivity index (χ2v) is 5.51. The summed E-state index contributed by atoms with van der Waals surface area (Å²) in [5.74, 6) is 0.854. The van der Waals surface area contributed by atoms with Crippen molar-refractivity contribution in [1.82, 2.24) is 5.43 Å². The second kappa shape index (κ2) is 8.72. The molecule has 0 fully saturated rings. The van der Waals surface area contributed by atoms with Gasteiger partial charge in [0.1, 0.15) is 11.5 Å². The van der Waals surface area contributed by atoms with Gasteiger partial charge < -0.3 is 9.84 Å². The maximum atomic E-state index is 11.8. The third kappa shape index (κ3) is 5.12. The predicted octanol–water partition coefficient (Wildman–Crippen LogP) is 3.18. The van der Waals surface area contributed by atoms with Crippen LogP contribution < -0.4 is 10.2 Å². The molecular weight excluding hydrogens is 304 g/mol. The summed E-state index contributed by atoms with van der Waals surface area (Å²) >= 11 is 0. The minimum absolute atomic E-state index is 0.130. The molecule has 5 heteroatoms. The van der Waals surface area contributed by atoms with Gasteiger partial charge in [0, 0.05) is 12.0 Å². The molecule has 0 heterocycles. The topological polar surface area (TPSA) is 70.9 Å². The van der Waals surface area contributed by atoms with Crippen LogP contribution in [0.2, 0.25) is 0 Å². The summed E-state index contributed by atoms with van der Waals surface area (Å²) < 4.78 is 5.23. The van der Waals surface area contributed by atoms with E-state index in [-0.39, 0.29) is 11.7 Å². The number of carbonyl (C=O) groups excluding carboxylic acids is 1. The Morgan fingerprint density at radius 3 is 2.79 bits per heavy atom. The summed E-state index contributed by atoms with van der Waals surface area (Å²) in [7, 11) is 1.65. The van der Waals surface area contributed by atoms with Crippen LogP contribution in [0.15, 0.2) is 47.6 Å². The molecule has 0 saturated carbocycles. The average molecular weight is 326 g/mol. The third-order valence-corrected chi connectivity index (χ3v) is 3.66. The van der Waals surface area contributed by atoms with E-state index >= 15 is 0 Å². The zero-order chi connectivity index (χ0) is 17.4. The highest BCUT2D eigenvalue weighted by atomic mass is 16.5. The van der Waals surface area contributed by atoms with Gasteiger partial charge >= 0.3 is 0 Å². The van der Waals surface area contributed by atoms with Gasteiger partial charge in [-0.15, -0.1) is 0 Å². The lowest BCUT2D eigenvalue weighted by atomic mass is 10.1. The lowest BCUT2D eigenvalue weighted by molar-refractivity contribution is -0.121. The first-order chi connectivity index (χ1) is 11.6. The van der Waals surface area contributed by atoms with Crippen LogP contribution in [0.25, 0.3) is 0 Å². The van der Waals surface area contributed by atoms with Crippen LogP contribution in [0.4, 0.5) is 0 Å². The highest BCUT2D eigenvalue weighted by Crippen LogP contribution is 2.19. The Labute approximate surface area is 142 Å². The molecule has 0 radical (unpaired) electrons. The van der Waals surface area contributed by atoms with E-state index in [9.17, 15) is 9.90 Å². The maximum absolute atomic E-state index is 11.8. The number of aryl methyl sites for hydroxylation is 2. The molecule has 0 aromatic heterocycles. The normalized spacial score (nSPS) is 10.8. The summed E-state index contributed by atoms with van der Waals surface area (Å²) in [6.45, 7) is 2.00. The van der Waals surface area contributed by atoms with Gasteiger partial charge in [0.15, 0.2) is 0 Å². The Morgan fingerprint density at radius 2 is 2.08 bits per heavy atom. The molecule has 0 unspecified atom stereocenters. The van der Waals surface area contributed by atoms with Crippen molar-refractivity contribution >= 4 is 12.1 Å². The number of benzene rings is 2. The van der Waals surface area contributed by atoms with Gasteiger partial charge in [0.25, 0.3) is 0 Å². The number of methoxy groups -OCH3 is 1. The summed E-state index contributed by atoms with van der Waals surface area (Å²) in [6.07, 6.45) is 3.38. The largest absolute Gasteiger partial charge is 0.507 e. The summed E-state index contributed by atoms with van der Waals surface area (Å²) in [5.41, 5.74) is 5.30. The van der Waals surface area contributed by atoms with Gasteiger partial charge in [-0.05, 0) is 49.1 Å². The average Bonchev–Trinajstić information content (AvgIpc) is 2.57. The molecule has 2 aromatic carbocycles. The van der Waals surface area contributed by atoms with Crippen molar-refractivity contribution in [1.29, 1.82) is 0 Å². The van der Waals surface area contributed by atoms with Crippen molar-refractivity contribution in [2.75, 3.05) is 7.11 Å². The van der Waals surface area contributed by atoms with Crippen molar-refractivity contribution in [2.45, 2.75) is 26.2 Å². The quantitative estimate of drug-likeness (QED) is 0.606. The van der Waals surface area contributed by atoms with Crippen molar-refractivity contribution in [3.8, 4) is 11.5 Å². The van der Waals surface area contributed by atoms with Crippen LogP contribution in [-0.4, -0.2) is 24.3 Å². The number of para-hydroxylation sites is 1. The van der Waals surface area contributed by atoms with Crippen LogP contribution in [-0.2, 0) is 11.2 Å². The van der Waals surface area contributed by atoms with Crippen LogP contribution >= 0.6 is 0 Å². The number of ether oxygens (including phenoxy) is 1. The van der Waals surface area contributed by atoms with E-state index in [4.69, 9.17) is 4.74 Å². The number of aromatic hydroxyl groups is 1. The first-order valence-electron chi connectivity index (χ1n) is 7.83. The van der Waals surface area contributed by atoms with E-state index in [0.717, 1.165) is 24.2 Å². The molecule has 126 valence electrons. The fourth-order valence-electron chi connectivity index (χ4n) is 2.38. The number of amides is 1. The Hall–Kier alpha value is -2.82. The van der Waals surface area contributed by atoms with Gasteiger partial charge in [-0.2, -0.15) is 5.10 Å². The van der Waals surface area contributed by atoms with E-state index in [2.05, 4.69) is 16.6 Å². The Kier molecular flexibility index (Phi) is 6.37. The lowest BCUT2D eigenvalue weighted by Gasteiger charge is -2.07. The molecular formula is C19H22N2O3. The van der Waals surface area contributed by atoms with Crippen molar-refractivity contribution in [2.24, 2.45) is 5.10 Å². The van der Waals surface area contributed by atoms with Gasteiger partial charge in [-0.3, -0.25) is 4.79 Å². The first-order valence-corrected chi connectivity index (χ1v) is 7.83. The van der Waals surface area contributed by atoms with Gasteiger partial charge in [0.05, 0.1) is 13.3 Å². The minimum atomic E-state index is -0.146. The van der Waals surface area contributed by atoms with E-state index in [1.807, 2.05) is 19.1 Å². The van der Waals surface area contributed by atoms with Crippen LogP contribution in [0.3, 0.4) is 0 Å². The van der Waals surface area contributed by atoms with Crippen LogP contribution in [0, 0.1) is 6.92 Å². The number of carbonyl (C=O) groups is 1. The van der Waals surface area contributed by atoms with Gasteiger partial charge in [0.2, 0.25) is 5.91 Å². The number of nitrogens with one attached hydrogen (secondary N) is 1. The van der Waals surface area contributed by atoms with Crippen LogP contribution in [0.1, 0.15) is 29.5 Å². The van der Waals surface area contributed by atoms with Crippen LogP contribution in [0.5, 0.6) is 11.5 Å². The zero-order valence-corrected chi connectivity index (χ0v) is 14.0. The molecule has 5 nitrogen and oxygen atoms in total. The number of rotatable bonds is 7. The molecule has 2 aromatic rings. The van der Waals surface area contributed by atoms with E-state index in [1.54, 1.807) is 31.4 Å². The number of nitrogens with zero attached hydrogens (tertiary/aromatic N) is 1. The standard InChI is InChI=1S/C19H22N2O3/c1-14-12-15(10-11-18(14)24-2)6-5-9-19(23)21-20-13-16-7-3-4-8-17(16)22/h3-4,7-8,10-13,22H,5-6,9H2,1-2H3,(H,21,23). The van der Waals surface area contributed by atoms with E-state index in [0.29, 0.717) is 12.0 Å². The lowest BCUT2D eigenvalue weighted by Crippen LogP contribution is -2.17. The van der Waals surface area contributed by atoms with Crippen molar-refractivity contribution in [3.05, 3.63) is 59.2 Å². The van der Waals surface area contributed by atoms with Gasteiger partial charge in [-0.1, -0.05) is 24.3 Å². The first kappa shape index (κ1) is 17.5. The molecule has 0 aliphatic carbocycles. The molecule has 24 heavy (non-hydrogen) atoms. The molecule has 0 spiro atoms. The fraction of sp³-hybridized carbons (Fsp3) is 0.263. The predicted molar refractivity (Wildman–Crippen MR) is 94.5 cm³/mol. The third-order valence-electron chi connectivity index (χ3n) is 3.66. The molecule has 0 saturated heterocycles. The number of phenols is 1. The smallest absolute Gasteiger partial charge is 0.240 e. The fourth-order valence-corrected chi connectivity index (χ4v) is 2.38. The number of phenolic OH excluding ortho intramolecular Hbond substituents is 1. The zero-order valence-electron chi connectivity index (χ0n) is 14.0. The van der Waals surface area contributed by atoms with Crippen molar-refractivity contribution < 1.29 is 14.6 Å². The monoisotopic (exact) mass is 326 g/mol. The minimum Gasteiger partial charge on any atom is -0.507 e. The molecule has 0 bridgehead atoms. The molecule has 2 N–H and O–H groups in total. The van der Waals surface area contributed by atoms with E-state index in [1.165, 1.54) is 11.8 Å². The number of hydrogen-bond acceptors (Lipinski definition) is 4. The number of hydrazone groups is 1. The Bertz CT molecular complexity index is 726. The van der Waals surface area contributed by atoms with E-state index < -0.39 is 0 Å². The Morgan fingerprint density at radius 1 is 1.29 bits per heavy atom. The summed E-state index contributed by atoms with van der Waals surface area (Å²) in [6, 6.07) is 12.8. The maximum Gasteiger partial charge on any atom is 0.240 e. The molecule has 1 amide bonds. The molecule has 2 rings (SSSR count). The van der Waals surface area contributed by atoms with Gasteiger partial charge in [-0.25, -0.2) is 5.43 Å². The highest BCUT2D eigenvalue weighted by Gasteiger charge is 2.03. The van der Waals surface area contributed by atoms with Crippen molar-refractivity contribution in [3.63, 3.8) is 0 Å². The second-order valence-electron chi connectivity index (χ2n) is 5.51. The molecule has 0 aliphatic heterocycles. The highest BCUT2D eigenvalue weighted by molar-refractivity contribution is 5.84. The molecule has 0 aliphatic rings. The SMILES string of the molecule is COc1ccc(CCCC(=O)NN=Cc2ccccc2O)cc1C. The summed E-state index contributed by atoms with van der Waals surface area (Å²) in [4.78, 5) is 11.8.